The number of nitrogens with zero attached hydrogens (tertiary/aromatic N) is 5. The monoisotopic (exact) mass is 492 g/mol. The molecule has 8 heteroatoms. The summed E-state index contributed by atoms with van der Waals surface area (Å²) in [6.45, 7) is 12.4. The zero-order valence-electron chi connectivity index (χ0n) is 22.4. The number of aryl methyl sites for hydroxylation is 3. The molecule has 1 aromatic carbocycles. The lowest BCUT2D eigenvalue weighted by Gasteiger charge is -2.32. The molecule has 0 aliphatic carbocycles. The van der Waals surface area contributed by atoms with Crippen molar-refractivity contribution in [1.82, 2.24) is 24.9 Å². The van der Waals surface area contributed by atoms with Crippen LogP contribution in [0.5, 0.6) is 0 Å². The molecule has 0 spiro atoms. The molecule has 0 unspecified atom stereocenters. The van der Waals surface area contributed by atoms with Crippen LogP contribution in [-0.4, -0.2) is 57.1 Å². The van der Waals surface area contributed by atoms with E-state index in [-0.39, 0.29) is 5.91 Å². The SMILES string of the molecule is CC(=O)N1CCc2[nH]nc(N3CCCc4ccccc43)c2C1.C[C@H]1CCOC1.Cc1cnn(C)c1C. The highest BCUT2D eigenvalue weighted by molar-refractivity contribution is 5.75. The average Bonchev–Trinajstić information content (AvgIpc) is 3.61. The molecule has 194 valence electrons. The number of aromatic nitrogens is 4. The number of hydrogen-bond donors (Lipinski definition) is 1. The Bertz CT molecular complexity index is 1140. The standard InChI is InChI=1S/C17H20N4O.C6H10N2.C5H10O/c1-12(22)20-10-8-15-14(11-20)17(19-18-15)21-9-4-6-13-5-2-3-7-16(13)21;1-5-4-7-8(3)6(5)2;1-5-2-3-6-4-5/h2-3,5,7H,4,6,8-11H2,1H3,(H,18,19);4H,1-3H3;5H,2-4H2,1H3/t;;5-/m..0/s1. The van der Waals surface area contributed by atoms with Gasteiger partial charge in [0.2, 0.25) is 5.91 Å². The molecule has 3 aliphatic rings. The zero-order chi connectivity index (χ0) is 25.7. The molecule has 36 heavy (non-hydrogen) atoms. The summed E-state index contributed by atoms with van der Waals surface area (Å²) in [5.74, 6) is 1.95. The van der Waals surface area contributed by atoms with E-state index in [1.54, 1.807) is 6.92 Å². The fourth-order valence-corrected chi connectivity index (χ4v) is 4.79. The number of hydrogen-bond acceptors (Lipinski definition) is 5. The van der Waals surface area contributed by atoms with Crippen molar-refractivity contribution in [3.63, 3.8) is 0 Å². The Morgan fingerprint density at radius 3 is 2.56 bits per heavy atom. The molecule has 1 fully saturated rings. The Hall–Kier alpha value is -3.13. The number of carbonyl (C=O) groups is 1. The van der Waals surface area contributed by atoms with Crippen molar-refractivity contribution < 1.29 is 9.53 Å². The number of anilines is 2. The van der Waals surface area contributed by atoms with Gasteiger partial charge in [-0.25, -0.2) is 0 Å². The summed E-state index contributed by atoms with van der Waals surface area (Å²) in [4.78, 5) is 15.9. The summed E-state index contributed by atoms with van der Waals surface area (Å²) in [7, 11) is 1.95. The van der Waals surface area contributed by atoms with Gasteiger partial charge in [-0.3, -0.25) is 14.6 Å². The second-order valence-electron chi connectivity index (χ2n) is 10.1. The summed E-state index contributed by atoms with van der Waals surface area (Å²) in [5.41, 5.74) is 7.49. The lowest BCUT2D eigenvalue weighted by molar-refractivity contribution is -0.129. The fraction of sp³-hybridized carbons (Fsp3) is 0.536. The number of aromatic amines is 1. The van der Waals surface area contributed by atoms with Crippen LogP contribution in [0.3, 0.4) is 0 Å². The number of carbonyl (C=O) groups excluding carboxylic acids is 1. The van der Waals surface area contributed by atoms with Gasteiger partial charge < -0.3 is 14.5 Å². The van der Waals surface area contributed by atoms with Crippen molar-refractivity contribution in [2.24, 2.45) is 13.0 Å². The molecule has 2 aromatic heterocycles. The highest BCUT2D eigenvalue weighted by atomic mass is 16.5. The van der Waals surface area contributed by atoms with E-state index in [1.165, 1.54) is 40.2 Å². The van der Waals surface area contributed by atoms with Crippen molar-refractivity contribution in [1.29, 1.82) is 0 Å². The molecular weight excluding hydrogens is 452 g/mol. The molecule has 0 radical (unpaired) electrons. The molecule has 1 amide bonds. The van der Waals surface area contributed by atoms with Crippen molar-refractivity contribution >= 4 is 17.4 Å². The Morgan fingerprint density at radius 2 is 1.97 bits per heavy atom. The molecule has 8 nitrogen and oxygen atoms in total. The number of amides is 1. The average molecular weight is 493 g/mol. The predicted molar refractivity (Wildman–Crippen MR) is 142 cm³/mol. The summed E-state index contributed by atoms with van der Waals surface area (Å²) >= 11 is 0. The first-order valence-corrected chi connectivity index (χ1v) is 13.0. The van der Waals surface area contributed by atoms with Crippen molar-refractivity contribution in [2.45, 2.75) is 59.9 Å². The third-order valence-electron chi connectivity index (χ3n) is 7.36. The van der Waals surface area contributed by atoms with Crippen LogP contribution < -0.4 is 4.90 Å². The van der Waals surface area contributed by atoms with Crippen molar-refractivity contribution in [3.8, 4) is 0 Å². The number of benzene rings is 1. The normalized spacial score (nSPS) is 18.4. The van der Waals surface area contributed by atoms with Crippen LogP contribution in [0.4, 0.5) is 11.5 Å². The van der Waals surface area contributed by atoms with E-state index in [4.69, 9.17) is 4.74 Å². The van der Waals surface area contributed by atoms with Crippen molar-refractivity contribution in [3.05, 3.63) is 58.5 Å². The van der Waals surface area contributed by atoms with E-state index >= 15 is 0 Å². The van der Waals surface area contributed by atoms with Gasteiger partial charge in [0, 0.05) is 69.3 Å². The maximum absolute atomic E-state index is 11.7. The summed E-state index contributed by atoms with van der Waals surface area (Å²) in [5, 5.41) is 11.8. The maximum Gasteiger partial charge on any atom is 0.219 e. The van der Waals surface area contributed by atoms with Crippen LogP contribution in [0, 0.1) is 19.8 Å². The van der Waals surface area contributed by atoms with Gasteiger partial charge in [-0.2, -0.15) is 10.2 Å². The predicted octanol–water partition coefficient (Wildman–Crippen LogP) is 4.48. The topological polar surface area (TPSA) is 79.3 Å². The molecule has 1 N–H and O–H groups in total. The molecule has 0 saturated carbocycles. The van der Waals surface area contributed by atoms with Crippen molar-refractivity contribution in [2.75, 3.05) is 31.2 Å². The van der Waals surface area contributed by atoms with E-state index in [9.17, 15) is 4.79 Å². The minimum Gasteiger partial charge on any atom is -0.381 e. The second kappa shape index (κ2) is 11.7. The molecule has 1 saturated heterocycles. The van der Waals surface area contributed by atoms with Gasteiger partial charge in [0.05, 0.1) is 12.7 Å². The molecule has 5 heterocycles. The highest BCUT2D eigenvalue weighted by Crippen LogP contribution is 2.36. The molecule has 1 atom stereocenters. The second-order valence-corrected chi connectivity index (χ2v) is 10.1. The fourth-order valence-electron chi connectivity index (χ4n) is 4.79. The first-order valence-electron chi connectivity index (χ1n) is 13.0. The first-order chi connectivity index (χ1) is 17.3. The van der Waals surface area contributed by atoms with Gasteiger partial charge in [0.1, 0.15) is 0 Å². The molecule has 3 aliphatic heterocycles. The molecule has 3 aromatic rings. The minimum atomic E-state index is 0.136. The summed E-state index contributed by atoms with van der Waals surface area (Å²) in [6, 6.07) is 8.54. The first kappa shape index (κ1) is 25.9. The number of fused-ring (bicyclic) bond motifs is 2. The number of para-hydroxylation sites is 1. The van der Waals surface area contributed by atoms with Gasteiger partial charge >= 0.3 is 0 Å². The van der Waals surface area contributed by atoms with E-state index in [0.29, 0.717) is 6.54 Å². The van der Waals surface area contributed by atoms with E-state index in [2.05, 4.69) is 65.2 Å². The Morgan fingerprint density at radius 1 is 1.17 bits per heavy atom. The number of nitrogens with one attached hydrogen (secondary N) is 1. The van der Waals surface area contributed by atoms with Crippen LogP contribution in [0.25, 0.3) is 0 Å². The number of rotatable bonds is 1. The van der Waals surface area contributed by atoms with Crippen LogP contribution in [0.2, 0.25) is 0 Å². The van der Waals surface area contributed by atoms with Crippen LogP contribution in [-0.2, 0) is 36.0 Å². The van der Waals surface area contributed by atoms with Gasteiger partial charge in [0.25, 0.3) is 0 Å². The molecule has 6 rings (SSSR count). The molecular formula is C28H40N6O2. The molecule has 0 bridgehead atoms. The maximum atomic E-state index is 11.7. The van der Waals surface area contributed by atoms with E-state index in [0.717, 1.165) is 57.3 Å². The highest BCUT2D eigenvalue weighted by Gasteiger charge is 2.28. The van der Waals surface area contributed by atoms with Gasteiger partial charge in [0.15, 0.2) is 5.82 Å². The Labute approximate surface area is 214 Å². The van der Waals surface area contributed by atoms with Crippen LogP contribution >= 0.6 is 0 Å². The van der Waals surface area contributed by atoms with Crippen LogP contribution in [0.15, 0.2) is 30.5 Å². The number of ether oxygens (including phenoxy) is 1. The van der Waals surface area contributed by atoms with Gasteiger partial charge in [-0.15, -0.1) is 0 Å². The summed E-state index contributed by atoms with van der Waals surface area (Å²) < 4.78 is 6.93. The third-order valence-corrected chi connectivity index (χ3v) is 7.36. The van der Waals surface area contributed by atoms with Crippen LogP contribution in [0.1, 0.15) is 54.8 Å². The summed E-state index contributed by atoms with van der Waals surface area (Å²) in [6.07, 6.45) is 6.25. The zero-order valence-corrected chi connectivity index (χ0v) is 22.4. The Kier molecular flexibility index (Phi) is 8.46. The van der Waals surface area contributed by atoms with Gasteiger partial charge in [-0.05, 0) is 56.2 Å². The lowest BCUT2D eigenvalue weighted by atomic mass is 10.0. The van der Waals surface area contributed by atoms with Gasteiger partial charge in [-0.1, -0.05) is 25.1 Å². The van der Waals surface area contributed by atoms with E-state index in [1.807, 2.05) is 22.8 Å². The number of H-pyrrole nitrogens is 1. The lowest BCUT2D eigenvalue weighted by Crippen LogP contribution is -2.35. The third kappa shape index (κ3) is 5.98. The Balaban J connectivity index is 0.000000177. The van der Waals surface area contributed by atoms with E-state index < -0.39 is 0 Å². The smallest absolute Gasteiger partial charge is 0.219 e. The largest absolute Gasteiger partial charge is 0.381 e. The quantitative estimate of drug-likeness (QED) is 0.542. The minimum absolute atomic E-state index is 0.136.